The van der Waals surface area contributed by atoms with E-state index in [0.29, 0.717) is 5.56 Å². The summed E-state index contributed by atoms with van der Waals surface area (Å²) in [6.07, 6.45) is 0. The number of hydrogen-bond donors (Lipinski definition) is 0. The molecule has 1 aromatic rings. The standard InChI is InChI=1S/C12H16NO6P/c1-4-17-20(16,18-5-2)19-10(3)11-6-8-12(9-7-11)13(14)15/h6-9H,3-5H2,1-2H3. The van der Waals surface area contributed by atoms with Crippen LogP contribution in [0.4, 0.5) is 5.69 Å². The van der Waals surface area contributed by atoms with Crippen LogP contribution in [0.1, 0.15) is 19.4 Å². The first kappa shape index (κ1) is 16.4. The lowest BCUT2D eigenvalue weighted by Crippen LogP contribution is -1.99. The quantitative estimate of drug-likeness (QED) is 0.314. The average molecular weight is 301 g/mol. The zero-order valence-electron chi connectivity index (χ0n) is 11.3. The minimum Gasteiger partial charge on any atom is -0.404 e. The molecule has 0 heterocycles. The summed E-state index contributed by atoms with van der Waals surface area (Å²) in [6.45, 7) is 7.25. The molecule has 110 valence electrons. The van der Waals surface area contributed by atoms with E-state index in [0.717, 1.165) is 0 Å². The molecule has 0 N–H and O–H groups in total. The van der Waals surface area contributed by atoms with Gasteiger partial charge < -0.3 is 4.52 Å². The highest BCUT2D eigenvalue weighted by molar-refractivity contribution is 7.48. The molecule has 0 saturated heterocycles. The van der Waals surface area contributed by atoms with Crippen LogP contribution >= 0.6 is 7.82 Å². The van der Waals surface area contributed by atoms with Crippen molar-refractivity contribution < 1.29 is 23.1 Å². The Kier molecular flexibility index (Phi) is 5.88. The third-order valence-electron chi connectivity index (χ3n) is 2.20. The first-order valence-electron chi connectivity index (χ1n) is 5.94. The maximum atomic E-state index is 12.1. The van der Waals surface area contributed by atoms with E-state index in [-0.39, 0.29) is 24.7 Å². The van der Waals surface area contributed by atoms with Crippen LogP contribution in [0, 0.1) is 10.1 Å². The van der Waals surface area contributed by atoms with Crippen LogP contribution in [0.5, 0.6) is 0 Å². The van der Waals surface area contributed by atoms with Gasteiger partial charge >= 0.3 is 7.82 Å². The number of nitro benzene ring substituents is 1. The molecule has 8 heteroatoms. The normalized spacial score (nSPS) is 11.1. The average Bonchev–Trinajstić information content (AvgIpc) is 2.39. The van der Waals surface area contributed by atoms with E-state index in [9.17, 15) is 14.7 Å². The third kappa shape index (κ3) is 4.45. The largest absolute Gasteiger partial charge is 0.530 e. The smallest absolute Gasteiger partial charge is 0.404 e. The Balaban J connectivity index is 2.83. The summed E-state index contributed by atoms with van der Waals surface area (Å²) >= 11 is 0. The molecule has 0 spiro atoms. The fraction of sp³-hybridized carbons (Fsp3) is 0.333. The number of benzene rings is 1. The second kappa shape index (κ2) is 7.19. The van der Waals surface area contributed by atoms with E-state index in [1.165, 1.54) is 24.3 Å². The van der Waals surface area contributed by atoms with Crippen molar-refractivity contribution in [1.29, 1.82) is 0 Å². The molecule has 0 bridgehead atoms. The molecule has 0 radical (unpaired) electrons. The van der Waals surface area contributed by atoms with Gasteiger partial charge in [0.05, 0.1) is 18.1 Å². The van der Waals surface area contributed by atoms with Crippen molar-refractivity contribution >= 4 is 19.3 Å². The predicted molar refractivity (Wildman–Crippen MR) is 74.1 cm³/mol. The first-order chi connectivity index (χ1) is 9.41. The minimum absolute atomic E-state index is 0.0562. The molecule has 0 saturated carbocycles. The van der Waals surface area contributed by atoms with Crippen LogP contribution in [0.2, 0.25) is 0 Å². The maximum Gasteiger partial charge on any atom is 0.530 e. The highest BCUT2D eigenvalue weighted by Gasteiger charge is 2.28. The van der Waals surface area contributed by atoms with E-state index < -0.39 is 12.7 Å². The van der Waals surface area contributed by atoms with Gasteiger partial charge in [-0.05, 0) is 26.0 Å². The van der Waals surface area contributed by atoms with Crippen molar-refractivity contribution in [3.8, 4) is 0 Å². The molecule has 7 nitrogen and oxygen atoms in total. The lowest BCUT2D eigenvalue weighted by atomic mass is 10.2. The Morgan fingerprint density at radius 1 is 1.25 bits per heavy atom. The predicted octanol–water partition coefficient (Wildman–Crippen LogP) is 3.76. The van der Waals surface area contributed by atoms with E-state index >= 15 is 0 Å². The molecule has 0 aromatic heterocycles. The SMILES string of the molecule is C=C(OP(=O)(OCC)OCC)c1ccc([N+](=O)[O-])cc1. The Bertz CT molecular complexity index is 517. The molecule has 0 atom stereocenters. The topological polar surface area (TPSA) is 87.9 Å². The third-order valence-corrected chi connectivity index (χ3v) is 3.79. The second-order valence-corrected chi connectivity index (χ2v) is 5.19. The van der Waals surface area contributed by atoms with Crippen molar-refractivity contribution in [2.75, 3.05) is 13.2 Å². The summed E-state index contributed by atoms with van der Waals surface area (Å²) in [5.74, 6) is 0.0603. The summed E-state index contributed by atoms with van der Waals surface area (Å²) in [7, 11) is -3.71. The molecule has 20 heavy (non-hydrogen) atoms. The van der Waals surface area contributed by atoms with E-state index in [2.05, 4.69) is 6.58 Å². The molecule has 0 aliphatic heterocycles. The second-order valence-electron chi connectivity index (χ2n) is 3.60. The summed E-state index contributed by atoms with van der Waals surface area (Å²) < 4.78 is 27.2. The lowest BCUT2D eigenvalue weighted by molar-refractivity contribution is -0.384. The van der Waals surface area contributed by atoms with Crippen LogP contribution in [-0.2, 0) is 18.1 Å². The summed E-state index contributed by atoms with van der Waals surface area (Å²) in [5.41, 5.74) is 0.398. The summed E-state index contributed by atoms with van der Waals surface area (Å²) in [6, 6.07) is 5.50. The molecule has 0 aliphatic carbocycles. The highest BCUT2D eigenvalue weighted by Crippen LogP contribution is 2.52. The first-order valence-corrected chi connectivity index (χ1v) is 7.40. The van der Waals surface area contributed by atoms with Crippen LogP contribution in [0.3, 0.4) is 0 Å². The van der Waals surface area contributed by atoms with E-state index in [1.54, 1.807) is 13.8 Å². The van der Waals surface area contributed by atoms with E-state index in [1.807, 2.05) is 0 Å². The maximum absolute atomic E-state index is 12.1. The zero-order chi connectivity index (χ0) is 15.2. The fourth-order valence-electron chi connectivity index (χ4n) is 1.36. The number of rotatable bonds is 8. The Labute approximate surface area is 116 Å². The summed E-state index contributed by atoms with van der Waals surface area (Å²) in [4.78, 5) is 10.0. The lowest BCUT2D eigenvalue weighted by Gasteiger charge is -2.18. The van der Waals surface area contributed by atoms with Gasteiger partial charge in [-0.15, -0.1) is 0 Å². The van der Waals surface area contributed by atoms with Crippen molar-refractivity contribution in [3.05, 3.63) is 46.5 Å². The van der Waals surface area contributed by atoms with Gasteiger partial charge in [0.25, 0.3) is 5.69 Å². The molecule has 1 aromatic carbocycles. The van der Waals surface area contributed by atoms with E-state index in [4.69, 9.17) is 13.6 Å². The monoisotopic (exact) mass is 301 g/mol. The van der Waals surface area contributed by atoms with Crippen molar-refractivity contribution in [3.63, 3.8) is 0 Å². The number of nitro groups is 1. The fourth-order valence-corrected chi connectivity index (χ4v) is 2.55. The molecule has 0 unspecified atom stereocenters. The van der Waals surface area contributed by atoms with Gasteiger partial charge in [0.15, 0.2) is 0 Å². The number of nitrogens with zero attached hydrogens (tertiary/aromatic N) is 1. The Morgan fingerprint density at radius 2 is 1.75 bits per heavy atom. The molecule has 0 fully saturated rings. The molecule has 1 rings (SSSR count). The number of phosphoric acid groups is 1. The van der Waals surface area contributed by atoms with Gasteiger partial charge in [-0.25, -0.2) is 4.57 Å². The van der Waals surface area contributed by atoms with Crippen molar-refractivity contribution in [2.24, 2.45) is 0 Å². The van der Waals surface area contributed by atoms with Crippen molar-refractivity contribution in [2.45, 2.75) is 13.8 Å². The van der Waals surface area contributed by atoms with Crippen LogP contribution in [0.15, 0.2) is 30.8 Å². The summed E-state index contributed by atoms with van der Waals surface area (Å²) in [5, 5.41) is 10.5. The zero-order valence-corrected chi connectivity index (χ0v) is 12.2. The molecule has 0 amide bonds. The number of non-ortho nitro benzene ring substituents is 1. The van der Waals surface area contributed by atoms with Gasteiger partial charge in [-0.1, -0.05) is 6.58 Å². The van der Waals surface area contributed by atoms with Crippen LogP contribution in [0.25, 0.3) is 5.76 Å². The highest BCUT2D eigenvalue weighted by atomic mass is 31.2. The van der Waals surface area contributed by atoms with Gasteiger partial charge in [0.1, 0.15) is 5.76 Å². The van der Waals surface area contributed by atoms with Crippen molar-refractivity contribution in [1.82, 2.24) is 0 Å². The molecule has 0 aliphatic rings. The van der Waals surface area contributed by atoms with Gasteiger partial charge in [-0.2, -0.15) is 0 Å². The Hall–Kier alpha value is -1.69. The van der Waals surface area contributed by atoms with Gasteiger partial charge in [0.2, 0.25) is 0 Å². The van der Waals surface area contributed by atoms with Gasteiger partial charge in [0, 0.05) is 17.7 Å². The van der Waals surface area contributed by atoms with Crippen LogP contribution in [-0.4, -0.2) is 18.1 Å². The van der Waals surface area contributed by atoms with Crippen LogP contribution < -0.4 is 0 Å². The van der Waals surface area contributed by atoms with Gasteiger partial charge in [-0.3, -0.25) is 19.2 Å². The minimum atomic E-state index is -3.71. The Morgan fingerprint density at radius 3 is 2.15 bits per heavy atom. The molecular weight excluding hydrogens is 285 g/mol. The molecular formula is C12H16NO6P. The number of hydrogen-bond acceptors (Lipinski definition) is 6. The number of phosphoric ester groups is 1.